The van der Waals surface area contributed by atoms with Gasteiger partial charge in [0.05, 0.1) is 5.69 Å². The average molecular weight is 314 g/mol. The molecule has 0 spiro atoms. The molecule has 0 aliphatic carbocycles. The molecule has 2 nitrogen and oxygen atoms in total. The van der Waals surface area contributed by atoms with Crippen LogP contribution in [-0.2, 0) is 6.61 Å². The van der Waals surface area contributed by atoms with Crippen molar-refractivity contribution in [2.24, 2.45) is 0 Å². The third-order valence-corrected chi connectivity index (χ3v) is 2.85. The first-order valence-corrected chi connectivity index (χ1v) is 5.98. The molecule has 2 aromatic carbocycles. The van der Waals surface area contributed by atoms with E-state index in [9.17, 15) is 8.78 Å². The van der Waals surface area contributed by atoms with Gasteiger partial charge in [0.25, 0.3) is 0 Å². The molecule has 2 N–H and O–H groups in total. The molecule has 0 aliphatic heterocycles. The third kappa shape index (κ3) is 2.79. The molecule has 18 heavy (non-hydrogen) atoms. The van der Waals surface area contributed by atoms with Crippen LogP contribution in [0.1, 0.15) is 5.56 Å². The van der Waals surface area contributed by atoms with E-state index in [-0.39, 0.29) is 18.0 Å². The van der Waals surface area contributed by atoms with Gasteiger partial charge in [-0.3, -0.25) is 0 Å². The molecule has 0 atom stereocenters. The number of rotatable bonds is 3. The molecular formula is C13H10BrF2NO. The maximum absolute atomic E-state index is 13.5. The summed E-state index contributed by atoms with van der Waals surface area (Å²) in [5, 5.41) is 0. The Morgan fingerprint density at radius 2 is 1.94 bits per heavy atom. The van der Waals surface area contributed by atoms with Gasteiger partial charge in [-0.15, -0.1) is 0 Å². The highest BCUT2D eigenvalue weighted by Gasteiger charge is 2.13. The van der Waals surface area contributed by atoms with Crippen molar-refractivity contribution in [2.75, 3.05) is 5.73 Å². The Morgan fingerprint density at radius 1 is 1.17 bits per heavy atom. The minimum atomic E-state index is -1.06. The van der Waals surface area contributed by atoms with Crippen molar-refractivity contribution in [1.82, 2.24) is 0 Å². The zero-order valence-electron chi connectivity index (χ0n) is 9.29. The first-order chi connectivity index (χ1) is 8.58. The van der Waals surface area contributed by atoms with E-state index in [0.29, 0.717) is 0 Å². The van der Waals surface area contributed by atoms with Gasteiger partial charge in [-0.1, -0.05) is 28.1 Å². The van der Waals surface area contributed by atoms with Gasteiger partial charge in [-0.05, 0) is 29.8 Å². The van der Waals surface area contributed by atoms with Crippen LogP contribution < -0.4 is 10.5 Å². The van der Waals surface area contributed by atoms with Crippen LogP contribution >= 0.6 is 15.9 Å². The summed E-state index contributed by atoms with van der Waals surface area (Å²) in [6, 6.07) is 9.57. The number of benzene rings is 2. The molecule has 0 heterocycles. The van der Waals surface area contributed by atoms with Crippen molar-refractivity contribution in [3.8, 4) is 5.75 Å². The van der Waals surface area contributed by atoms with Crippen molar-refractivity contribution >= 4 is 21.6 Å². The molecule has 94 valence electrons. The summed E-state index contributed by atoms with van der Waals surface area (Å²) in [7, 11) is 0. The van der Waals surface area contributed by atoms with Gasteiger partial charge in [-0.2, -0.15) is 4.39 Å². The van der Waals surface area contributed by atoms with E-state index in [1.54, 1.807) is 0 Å². The summed E-state index contributed by atoms with van der Waals surface area (Å²) < 4.78 is 32.6. The molecule has 0 aliphatic rings. The molecule has 0 saturated carbocycles. The van der Waals surface area contributed by atoms with E-state index in [1.165, 1.54) is 6.07 Å². The highest BCUT2D eigenvalue weighted by molar-refractivity contribution is 9.10. The zero-order valence-corrected chi connectivity index (χ0v) is 10.9. The van der Waals surface area contributed by atoms with Gasteiger partial charge >= 0.3 is 0 Å². The second kappa shape index (κ2) is 5.35. The van der Waals surface area contributed by atoms with Crippen LogP contribution in [0.3, 0.4) is 0 Å². The lowest BCUT2D eigenvalue weighted by Gasteiger charge is -2.10. The molecule has 2 rings (SSSR count). The largest absolute Gasteiger partial charge is 0.484 e. The number of nitrogens with two attached hydrogens (primary N) is 1. The summed E-state index contributed by atoms with van der Waals surface area (Å²) in [4.78, 5) is 0. The van der Waals surface area contributed by atoms with Crippen molar-refractivity contribution in [3.05, 3.63) is 58.1 Å². The normalized spacial score (nSPS) is 10.4. The van der Waals surface area contributed by atoms with E-state index < -0.39 is 11.6 Å². The van der Waals surface area contributed by atoms with Gasteiger partial charge < -0.3 is 10.5 Å². The van der Waals surface area contributed by atoms with Crippen LogP contribution in [0, 0.1) is 11.6 Å². The molecular weight excluding hydrogens is 304 g/mol. The Morgan fingerprint density at radius 3 is 2.67 bits per heavy atom. The minimum Gasteiger partial charge on any atom is -0.484 e. The van der Waals surface area contributed by atoms with E-state index in [2.05, 4.69) is 15.9 Å². The van der Waals surface area contributed by atoms with Crippen molar-refractivity contribution in [3.63, 3.8) is 0 Å². The Hall–Kier alpha value is -1.62. The smallest absolute Gasteiger partial charge is 0.202 e. The maximum Gasteiger partial charge on any atom is 0.202 e. The standard InChI is InChI=1S/C13H10BrF2NO/c14-9-3-1-2-8(6-9)7-18-13-11(17)5-4-10(15)12(13)16/h1-6H,7,17H2. The van der Waals surface area contributed by atoms with E-state index in [1.807, 2.05) is 24.3 Å². The molecule has 0 bridgehead atoms. The molecule has 2 aromatic rings. The lowest BCUT2D eigenvalue weighted by molar-refractivity contribution is 0.286. The fourth-order valence-corrected chi connectivity index (χ4v) is 1.92. The Bertz CT molecular complexity index is 575. The van der Waals surface area contributed by atoms with E-state index >= 15 is 0 Å². The van der Waals surface area contributed by atoms with Gasteiger partial charge in [0.2, 0.25) is 5.82 Å². The average Bonchev–Trinajstić information content (AvgIpc) is 2.34. The Kier molecular flexibility index (Phi) is 3.81. The lowest BCUT2D eigenvalue weighted by atomic mass is 10.2. The topological polar surface area (TPSA) is 35.2 Å². The summed E-state index contributed by atoms with van der Waals surface area (Å²) in [6.45, 7) is 0.115. The first kappa shape index (κ1) is 12.8. The number of hydrogen-bond donors (Lipinski definition) is 1. The Labute approximate surface area is 112 Å². The number of hydrogen-bond acceptors (Lipinski definition) is 2. The summed E-state index contributed by atoms with van der Waals surface area (Å²) in [5.41, 5.74) is 6.44. The number of halogens is 3. The third-order valence-electron chi connectivity index (χ3n) is 2.35. The van der Waals surface area contributed by atoms with Crippen molar-refractivity contribution in [2.45, 2.75) is 6.61 Å². The number of nitrogen functional groups attached to an aromatic ring is 1. The number of anilines is 1. The number of ether oxygens (including phenoxy) is 1. The van der Waals surface area contributed by atoms with E-state index in [4.69, 9.17) is 10.5 Å². The molecule has 0 saturated heterocycles. The Balaban J connectivity index is 2.18. The first-order valence-electron chi connectivity index (χ1n) is 5.18. The highest BCUT2D eigenvalue weighted by Crippen LogP contribution is 2.28. The fraction of sp³-hybridized carbons (Fsp3) is 0.0769. The SMILES string of the molecule is Nc1ccc(F)c(F)c1OCc1cccc(Br)c1. The van der Waals surface area contributed by atoms with Crippen LogP contribution in [0.15, 0.2) is 40.9 Å². The quantitative estimate of drug-likeness (QED) is 0.873. The summed E-state index contributed by atoms with van der Waals surface area (Å²) >= 11 is 3.31. The van der Waals surface area contributed by atoms with Crippen LogP contribution in [0.4, 0.5) is 14.5 Å². The minimum absolute atomic E-state index is 0.0731. The lowest BCUT2D eigenvalue weighted by Crippen LogP contribution is -2.02. The molecule has 0 fully saturated rings. The van der Waals surface area contributed by atoms with Crippen LogP contribution in [0.5, 0.6) is 5.75 Å². The van der Waals surface area contributed by atoms with Gasteiger partial charge in [0.1, 0.15) is 6.61 Å². The zero-order chi connectivity index (χ0) is 13.1. The van der Waals surface area contributed by atoms with Crippen molar-refractivity contribution < 1.29 is 13.5 Å². The van der Waals surface area contributed by atoms with Gasteiger partial charge in [0, 0.05) is 4.47 Å². The van der Waals surface area contributed by atoms with Crippen LogP contribution in [0.25, 0.3) is 0 Å². The molecule has 5 heteroatoms. The predicted molar refractivity (Wildman–Crippen MR) is 69.2 cm³/mol. The monoisotopic (exact) mass is 313 g/mol. The second-order valence-electron chi connectivity index (χ2n) is 3.70. The second-order valence-corrected chi connectivity index (χ2v) is 4.61. The predicted octanol–water partition coefficient (Wildman–Crippen LogP) is 3.89. The summed E-state index contributed by atoms with van der Waals surface area (Å²) in [6.07, 6.45) is 0. The van der Waals surface area contributed by atoms with E-state index in [0.717, 1.165) is 16.1 Å². The molecule has 0 unspecified atom stereocenters. The van der Waals surface area contributed by atoms with Crippen LogP contribution in [0.2, 0.25) is 0 Å². The molecule has 0 amide bonds. The molecule has 0 radical (unpaired) electrons. The fourth-order valence-electron chi connectivity index (χ4n) is 1.48. The highest BCUT2D eigenvalue weighted by atomic mass is 79.9. The van der Waals surface area contributed by atoms with Gasteiger partial charge in [-0.25, -0.2) is 4.39 Å². The summed E-state index contributed by atoms with van der Waals surface area (Å²) in [5.74, 6) is -2.30. The maximum atomic E-state index is 13.5. The van der Waals surface area contributed by atoms with Crippen molar-refractivity contribution in [1.29, 1.82) is 0 Å². The molecule has 0 aromatic heterocycles. The van der Waals surface area contributed by atoms with Crippen LogP contribution in [-0.4, -0.2) is 0 Å². The van der Waals surface area contributed by atoms with Gasteiger partial charge in [0.15, 0.2) is 11.6 Å².